The van der Waals surface area contributed by atoms with Crippen LogP contribution in [0.5, 0.6) is 0 Å². The van der Waals surface area contributed by atoms with Crippen LogP contribution in [0, 0.1) is 5.92 Å². The SMILES string of the molecule is C[C@H](NC(=O)OCc1ccccc1)C(=O)N[C@H](CCc1ccc2ccccc2c1)C[C@@H]1C[C@@H]1NC(=O)OC(C)(C)C. The Morgan fingerprint density at radius 3 is 2.32 bits per heavy atom. The van der Waals surface area contributed by atoms with Gasteiger partial charge in [-0.3, -0.25) is 4.79 Å². The fourth-order valence-electron chi connectivity index (χ4n) is 4.83. The second-order valence-corrected chi connectivity index (χ2v) is 11.8. The number of alkyl carbamates (subject to hydrolysis) is 2. The lowest BCUT2D eigenvalue weighted by Crippen LogP contribution is -2.48. The molecule has 4 rings (SSSR count). The van der Waals surface area contributed by atoms with Crippen molar-refractivity contribution in [1.29, 1.82) is 0 Å². The Kier molecular flexibility index (Phi) is 9.86. The molecule has 4 atom stereocenters. The maximum absolute atomic E-state index is 13.1. The maximum atomic E-state index is 13.1. The molecular formula is C33H41N3O5. The van der Waals surface area contributed by atoms with Crippen molar-refractivity contribution in [3.8, 4) is 0 Å². The normalized spacial score (nSPS) is 17.7. The van der Waals surface area contributed by atoms with Crippen molar-refractivity contribution in [3.05, 3.63) is 83.9 Å². The number of hydrogen-bond donors (Lipinski definition) is 3. The molecule has 0 saturated heterocycles. The molecular weight excluding hydrogens is 518 g/mol. The number of rotatable bonds is 11. The van der Waals surface area contributed by atoms with Crippen LogP contribution < -0.4 is 16.0 Å². The van der Waals surface area contributed by atoms with E-state index in [2.05, 4.69) is 46.3 Å². The molecule has 1 aliphatic carbocycles. The van der Waals surface area contributed by atoms with Crippen LogP contribution in [-0.4, -0.2) is 41.8 Å². The molecule has 0 unspecified atom stereocenters. The zero-order valence-corrected chi connectivity index (χ0v) is 24.3. The van der Waals surface area contributed by atoms with Crippen LogP contribution in [0.4, 0.5) is 9.59 Å². The second-order valence-electron chi connectivity index (χ2n) is 11.8. The molecule has 1 fully saturated rings. The number of carbonyl (C=O) groups excluding carboxylic acids is 3. The number of aryl methyl sites for hydroxylation is 1. The van der Waals surface area contributed by atoms with Crippen molar-refractivity contribution in [3.63, 3.8) is 0 Å². The second kappa shape index (κ2) is 13.5. The van der Waals surface area contributed by atoms with E-state index in [1.165, 1.54) is 16.3 Å². The van der Waals surface area contributed by atoms with Crippen molar-refractivity contribution < 1.29 is 23.9 Å². The molecule has 0 spiro atoms. The minimum atomic E-state index is -0.767. The molecule has 3 N–H and O–H groups in total. The highest BCUT2D eigenvalue weighted by atomic mass is 16.6. The van der Waals surface area contributed by atoms with E-state index >= 15 is 0 Å². The van der Waals surface area contributed by atoms with Gasteiger partial charge in [0.15, 0.2) is 0 Å². The van der Waals surface area contributed by atoms with Crippen LogP contribution in [0.25, 0.3) is 10.8 Å². The monoisotopic (exact) mass is 559 g/mol. The average Bonchev–Trinajstić information content (AvgIpc) is 3.66. The van der Waals surface area contributed by atoms with Crippen LogP contribution in [0.1, 0.15) is 58.1 Å². The van der Waals surface area contributed by atoms with Crippen molar-refractivity contribution in [2.24, 2.45) is 5.92 Å². The Morgan fingerprint density at radius 1 is 0.878 bits per heavy atom. The van der Waals surface area contributed by atoms with Gasteiger partial charge in [0.25, 0.3) is 0 Å². The number of nitrogens with one attached hydrogen (secondary N) is 3. The van der Waals surface area contributed by atoms with E-state index in [0.717, 1.165) is 24.8 Å². The zero-order valence-electron chi connectivity index (χ0n) is 24.3. The molecule has 0 heterocycles. The van der Waals surface area contributed by atoms with E-state index in [4.69, 9.17) is 9.47 Å². The summed E-state index contributed by atoms with van der Waals surface area (Å²) in [7, 11) is 0. The third-order valence-corrected chi connectivity index (χ3v) is 7.09. The van der Waals surface area contributed by atoms with Gasteiger partial charge < -0.3 is 25.4 Å². The summed E-state index contributed by atoms with van der Waals surface area (Å²) in [6, 6.07) is 23.2. The summed E-state index contributed by atoms with van der Waals surface area (Å²) in [6.45, 7) is 7.28. The van der Waals surface area contributed by atoms with Crippen LogP contribution in [0.15, 0.2) is 72.8 Å². The van der Waals surface area contributed by atoms with Gasteiger partial charge in [-0.25, -0.2) is 9.59 Å². The first kappa shape index (κ1) is 29.9. The Labute approximate surface area is 242 Å². The zero-order chi connectivity index (χ0) is 29.4. The number of fused-ring (bicyclic) bond motifs is 1. The lowest BCUT2D eigenvalue weighted by molar-refractivity contribution is -0.123. The van der Waals surface area contributed by atoms with Crippen LogP contribution in [-0.2, 0) is 27.3 Å². The Balaban J connectivity index is 1.33. The molecule has 0 radical (unpaired) electrons. The molecule has 0 aliphatic heterocycles. The quantitative estimate of drug-likeness (QED) is 0.272. The van der Waals surface area contributed by atoms with Gasteiger partial charge in [0.2, 0.25) is 5.91 Å². The molecule has 0 aromatic heterocycles. The number of benzene rings is 3. The first-order valence-electron chi connectivity index (χ1n) is 14.3. The molecule has 1 aliphatic rings. The van der Waals surface area contributed by atoms with Crippen LogP contribution in [0.3, 0.4) is 0 Å². The fraction of sp³-hybridized carbons (Fsp3) is 0.424. The van der Waals surface area contributed by atoms with Gasteiger partial charge in [0.05, 0.1) is 0 Å². The van der Waals surface area contributed by atoms with Crippen LogP contribution in [0.2, 0.25) is 0 Å². The van der Waals surface area contributed by atoms with Gasteiger partial charge in [-0.05, 0) is 81.2 Å². The van der Waals surface area contributed by atoms with Gasteiger partial charge in [-0.1, -0.05) is 72.8 Å². The summed E-state index contributed by atoms with van der Waals surface area (Å²) in [6.07, 6.45) is 1.99. The molecule has 41 heavy (non-hydrogen) atoms. The highest BCUT2D eigenvalue weighted by Gasteiger charge is 2.40. The average molecular weight is 560 g/mol. The van der Waals surface area contributed by atoms with Crippen LogP contribution >= 0.6 is 0 Å². The summed E-state index contributed by atoms with van der Waals surface area (Å²) in [5.41, 5.74) is 1.50. The molecule has 3 aromatic rings. The van der Waals surface area contributed by atoms with Gasteiger partial charge in [-0.2, -0.15) is 0 Å². The van der Waals surface area contributed by atoms with Crippen molar-refractivity contribution >= 4 is 28.9 Å². The Morgan fingerprint density at radius 2 is 1.59 bits per heavy atom. The smallest absolute Gasteiger partial charge is 0.408 e. The van der Waals surface area contributed by atoms with E-state index in [0.29, 0.717) is 6.42 Å². The van der Waals surface area contributed by atoms with E-state index in [1.54, 1.807) is 6.92 Å². The third kappa shape index (κ3) is 9.81. The molecule has 1 saturated carbocycles. The van der Waals surface area contributed by atoms with Gasteiger partial charge >= 0.3 is 12.2 Å². The highest BCUT2D eigenvalue weighted by molar-refractivity contribution is 5.85. The summed E-state index contributed by atoms with van der Waals surface area (Å²) >= 11 is 0. The maximum Gasteiger partial charge on any atom is 0.408 e. The Hall–Kier alpha value is -4.07. The number of hydrogen-bond acceptors (Lipinski definition) is 5. The minimum absolute atomic E-state index is 0.0217. The summed E-state index contributed by atoms with van der Waals surface area (Å²) < 4.78 is 10.7. The standard InChI is InChI=1S/C33H41N3O5/c1-22(34-31(38)40-21-24-10-6-5-7-11-24)30(37)35-28(19-27-20-29(27)36-32(39)41-33(2,3)4)17-15-23-14-16-25-12-8-9-13-26(25)18-23/h5-14,16,18,22,27-29H,15,17,19-21H2,1-4H3,(H,34,38)(H,35,37)(H,36,39)/t22-,27+,28+,29-/m0/s1. The molecule has 218 valence electrons. The summed E-state index contributed by atoms with van der Waals surface area (Å²) in [4.78, 5) is 37.6. The molecule has 8 nitrogen and oxygen atoms in total. The van der Waals surface area contributed by atoms with Gasteiger partial charge in [0, 0.05) is 12.1 Å². The topological polar surface area (TPSA) is 106 Å². The predicted octanol–water partition coefficient (Wildman–Crippen LogP) is 5.88. The molecule has 0 bridgehead atoms. The number of carbonyl (C=O) groups is 3. The molecule has 8 heteroatoms. The summed E-state index contributed by atoms with van der Waals surface area (Å²) in [5.74, 6) is -0.0361. The number of amides is 3. The first-order chi connectivity index (χ1) is 19.6. The predicted molar refractivity (Wildman–Crippen MR) is 159 cm³/mol. The first-order valence-corrected chi connectivity index (χ1v) is 14.3. The minimum Gasteiger partial charge on any atom is -0.445 e. The molecule has 3 amide bonds. The van der Waals surface area contributed by atoms with Crippen molar-refractivity contribution in [2.75, 3.05) is 0 Å². The fourth-order valence-corrected chi connectivity index (χ4v) is 4.83. The highest BCUT2D eigenvalue weighted by Crippen LogP contribution is 2.36. The van der Waals surface area contributed by atoms with Gasteiger partial charge in [-0.15, -0.1) is 0 Å². The van der Waals surface area contributed by atoms with E-state index in [9.17, 15) is 14.4 Å². The van der Waals surface area contributed by atoms with Crippen molar-refractivity contribution in [2.45, 2.75) is 83.7 Å². The largest absolute Gasteiger partial charge is 0.445 e. The number of ether oxygens (including phenoxy) is 2. The lowest BCUT2D eigenvalue weighted by atomic mass is 9.98. The van der Waals surface area contributed by atoms with E-state index in [1.807, 2.05) is 63.2 Å². The Bertz CT molecular complexity index is 1340. The third-order valence-electron chi connectivity index (χ3n) is 7.09. The van der Waals surface area contributed by atoms with E-state index in [-0.39, 0.29) is 30.5 Å². The van der Waals surface area contributed by atoms with Gasteiger partial charge in [0.1, 0.15) is 18.2 Å². The summed E-state index contributed by atoms with van der Waals surface area (Å²) in [5, 5.41) is 11.1. The lowest BCUT2D eigenvalue weighted by Gasteiger charge is -2.22. The molecule has 3 aromatic carbocycles. The van der Waals surface area contributed by atoms with E-state index < -0.39 is 23.8 Å². The van der Waals surface area contributed by atoms with Crippen molar-refractivity contribution in [1.82, 2.24) is 16.0 Å².